The van der Waals surface area contributed by atoms with E-state index in [2.05, 4.69) is 35.9 Å². The maximum Gasteiger partial charge on any atom is 0.0811 e. The van der Waals surface area contributed by atoms with Crippen molar-refractivity contribution in [3.8, 4) is 0 Å². The predicted octanol–water partition coefficient (Wildman–Crippen LogP) is 0.700. The molecule has 3 N–H and O–H groups in total. The van der Waals surface area contributed by atoms with Crippen molar-refractivity contribution >= 4 is 0 Å². The molecule has 2 rings (SSSR count). The topological polar surface area (TPSA) is 55.9 Å². The first-order valence-corrected chi connectivity index (χ1v) is 5.05. The lowest BCUT2D eigenvalue weighted by Crippen LogP contribution is -2.27. The molecule has 4 nitrogen and oxygen atoms in total. The Morgan fingerprint density at radius 1 is 1.43 bits per heavy atom. The summed E-state index contributed by atoms with van der Waals surface area (Å²) in [5.74, 6) is 0. The van der Waals surface area contributed by atoms with Gasteiger partial charge >= 0.3 is 0 Å². The molecule has 0 bridgehead atoms. The fraction of sp³-hybridized carbons (Fsp3) is 0.700. The molecule has 78 valence electrons. The molecule has 0 amide bonds. The molecule has 1 aromatic heterocycles. The van der Waals surface area contributed by atoms with E-state index in [9.17, 15) is 0 Å². The van der Waals surface area contributed by atoms with Crippen molar-refractivity contribution < 1.29 is 0 Å². The van der Waals surface area contributed by atoms with Crippen LogP contribution < -0.4 is 11.1 Å². The van der Waals surface area contributed by atoms with Gasteiger partial charge < -0.3 is 11.1 Å². The summed E-state index contributed by atoms with van der Waals surface area (Å²) in [6.07, 6.45) is 0. The van der Waals surface area contributed by atoms with Crippen molar-refractivity contribution in [2.45, 2.75) is 45.9 Å². The summed E-state index contributed by atoms with van der Waals surface area (Å²) in [4.78, 5) is 0. The summed E-state index contributed by atoms with van der Waals surface area (Å²) < 4.78 is 2.07. The fourth-order valence-corrected chi connectivity index (χ4v) is 1.95. The minimum absolute atomic E-state index is 0.0268. The van der Waals surface area contributed by atoms with Crippen molar-refractivity contribution in [1.82, 2.24) is 15.1 Å². The molecule has 14 heavy (non-hydrogen) atoms. The molecule has 0 saturated heterocycles. The number of nitrogens with zero attached hydrogens (tertiary/aromatic N) is 2. The monoisotopic (exact) mass is 194 g/mol. The highest BCUT2D eigenvalue weighted by Gasteiger charge is 2.25. The van der Waals surface area contributed by atoms with E-state index in [-0.39, 0.29) is 5.54 Å². The summed E-state index contributed by atoms with van der Waals surface area (Å²) in [6, 6.07) is 0. The number of nitrogens with two attached hydrogens (primary N) is 1. The highest BCUT2D eigenvalue weighted by Crippen LogP contribution is 2.24. The lowest BCUT2D eigenvalue weighted by atomic mass is 10.1. The Morgan fingerprint density at radius 2 is 2.14 bits per heavy atom. The molecule has 0 spiro atoms. The van der Waals surface area contributed by atoms with E-state index in [1.54, 1.807) is 0 Å². The third kappa shape index (κ3) is 1.35. The van der Waals surface area contributed by atoms with Gasteiger partial charge in [0, 0.05) is 25.2 Å². The fourth-order valence-electron chi connectivity index (χ4n) is 1.95. The highest BCUT2D eigenvalue weighted by molar-refractivity contribution is 5.30. The Kier molecular flexibility index (Phi) is 2.12. The van der Waals surface area contributed by atoms with Gasteiger partial charge in [-0.15, -0.1) is 0 Å². The quantitative estimate of drug-likeness (QED) is 0.692. The predicted molar refractivity (Wildman–Crippen MR) is 55.7 cm³/mol. The van der Waals surface area contributed by atoms with Crippen LogP contribution in [0.15, 0.2) is 0 Å². The summed E-state index contributed by atoms with van der Waals surface area (Å²) in [5.41, 5.74) is 9.46. The van der Waals surface area contributed by atoms with E-state index >= 15 is 0 Å². The first-order valence-electron chi connectivity index (χ1n) is 5.05. The largest absolute Gasteiger partial charge is 0.325 e. The second-order valence-electron chi connectivity index (χ2n) is 4.76. The molecule has 0 unspecified atom stereocenters. The molecule has 0 fully saturated rings. The van der Waals surface area contributed by atoms with E-state index in [1.807, 2.05) is 0 Å². The molecular weight excluding hydrogens is 176 g/mol. The lowest BCUT2D eigenvalue weighted by Gasteiger charge is -2.22. The second-order valence-corrected chi connectivity index (χ2v) is 4.76. The molecule has 1 aromatic rings. The third-order valence-electron chi connectivity index (χ3n) is 2.60. The van der Waals surface area contributed by atoms with Gasteiger partial charge in [-0.3, -0.25) is 4.68 Å². The third-order valence-corrected chi connectivity index (χ3v) is 2.60. The number of rotatable bonds is 1. The summed E-state index contributed by atoms with van der Waals surface area (Å²) >= 11 is 0. The van der Waals surface area contributed by atoms with Gasteiger partial charge in [0.05, 0.1) is 16.9 Å². The molecule has 0 aromatic carbocycles. The van der Waals surface area contributed by atoms with Gasteiger partial charge in [-0.2, -0.15) is 5.10 Å². The van der Waals surface area contributed by atoms with E-state index in [1.165, 1.54) is 17.0 Å². The standard InChI is InChI=1S/C10H18N4/c1-10(2,3)14-9(4-11)7-5-12-6-8(7)13-14/h12H,4-6,11H2,1-3H3. The van der Waals surface area contributed by atoms with Gasteiger partial charge in [0.25, 0.3) is 0 Å². The van der Waals surface area contributed by atoms with Crippen LogP contribution in [0.4, 0.5) is 0 Å². The minimum atomic E-state index is 0.0268. The molecule has 4 heteroatoms. The first-order chi connectivity index (χ1) is 6.54. The Morgan fingerprint density at radius 3 is 2.71 bits per heavy atom. The Bertz CT molecular complexity index is 346. The van der Waals surface area contributed by atoms with Crippen LogP contribution in [0.5, 0.6) is 0 Å². The maximum absolute atomic E-state index is 5.78. The van der Waals surface area contributed by atoms with E-state index in [0.717, 1.165) is 13.1 Å². The van der Waals surface area contributed by atoms with Gasteiger partial charge in [-0.05, 0) is 20.8 Å². The van der Waals surface area contributed by atoms with Gasteiger partial charge in [-0.25, -0.2) is 0 Å². The van der Waals surface area contributed by atoms with Crippen LogP contribution in [0, 0.1) is 0 Å². The summed E-state index contributed by atoms with van der Waals surface area (Å²) in [5, 5.41) is 7.90. The van der Waals surface area contributed by atoms with Crippen molar-refractivity contribution in [3.63, 3.8) is 0 Å². The maximum atomic E-state index is 5.78. The van der Waals surface area contributed by atoms with Gasteiger partial charge in [0.2, 0.25) is 0 Å². The van der Waals surface area contributed by atoms with Gasteiger partial charge in [0.1, 0.15) is 0 Å². The highest BCUT2D eigenvalue weighted by atomic mass is 15.3. The van der Waals surface area contributed by atoms with Crippen LogP contribution in [0.25, 0.3) is 0 Å². The molecule has 0 radical (unpaired) electrons. The first kappa shape index (κ1) is 9.68. The van der Waals surface area contributed by atoms with Crippen molar-refractivity contribution in [2.75, 3.05) is 0 Å². The van der Waals surface area contributed by atoms with Crippen molar-refractivity contribution in [2.24, 2.45) is 5.73 Å². The summed E-state index contributed by atoms with van der Waals surface area (Å²) in [7, 11) is 0. The molecule has 0 saturated carbocycles. The van der Waals surface area contributed by atoms with Gasteiger partial charge in [0.15, 0.2) is 0 Å². The average Bonchev–Trinajstić information content (AvgIpc) is 2.58. The van der Waals surface area contributed by atoms with Crippen molar-refractivity contribution in [3.05, 3.63) is 17.0 Å². The smallest absolute Gasteiger partial charge is 0.0811 e. The molecular formula is C10H18N4. The van der Waals surface area contributed by atoms with Gasteiger partial charge in [-0.1, -0.05) is 0 Å². The van der Waals surface area contributed by atoms with Crippen LogP contribution in [-0.2, 0) is 25.2 Å². The van der Waals surface area contributed by atoms with Crippen molar-refractivity contribution in [1.29, 1.82) is 0 Å². The van der Waals surface area contributed by atoms with Crippen LogP contribution in [0.1, 0.15) is 37.7 Å². The van der Waals surface area contributed by atoms with Crippen LogP contribution in [-0.4, -0.2) is 9.78 Å². The Labute approximate surface area is 84.5 Å². The number of fused-ring (bicyclic) bond motifs is 1. The summed E-state index contributed by atoms with van der Waals surface area (Å²) in [6.45, 7) is 8.83. The molecule has 2 heterocycles. The number of aromatic nitrogens is 2. The Balaban J connectivity index is 2.52. The number of hydrogen-bond donors (Lipinski definition) is 2. The molecule has 0 atom stereocenters. The molecule has 0 aliphatic carbocycles. The van der Waals surface area contributed by atoms with E-state index in [4.69, 9.17) is 5.73 Å². The lowest BCUT2D eigenvalue weighted by molar-refractivity contribution is 0.339. The zero-order chi connectivity index (χ0) is 10.3. The molecule has 1 aliphatic heterocycles. The zero-order valence-electron chi connectivity index (χ0n) is 9.09. The van der Waals surface area contributed by atoms with Crippen LogP contribution in [0.2, 0.25) is 0 Å². The second kappa shape index (κ2) is 3.07. The molecule has 1 aliphatic rings. The zero-order valence-corrected chi connectivity index (χ0v) is 9.09. The van der Waals surface area contributed by atoms with Crippen LogP contribution >= 0.6 is 0 Å². The number of hydrogen-bond acceptors (Lipinski definition) is 3. The Hall–Kier alpha value is -0.870. The van der Waals surface area contributed by atoms with E-state index in [0.29, 0.717) is 6.54 Å². The van der Waals surface area contributed by atoms with Crippen LogP contribution in [0.3, 0.4) is 0 Å². The normalized spacial score (nSPS) is 16.0. The SMILES string of the molecule is CC(C)(C)n1nc2c(c1CN)CNC2. The number of nitrogens with one attached hydrogen (secondary N) is 1. The minimum Gasteiger partial charge on any atom is -0.325 e. The average molecular weight is 194 g/mol. The van der Waals surface area contributed by atoms with E-state index < -0.39 is 0 Å².